The number of H-pyrrole nitrogens is 1. The summed E-state index contributed by atoms with van der Waals surface area (Å²) in [5, 5.41) is 5.23. The molecule has 2 aromatic heterocycles. The van der Waals surface area contributed by atoms with Crippen molar-refractivity contribution in [2.45, 2.75) is 6.92 Å². The van der Waals surface area contributed by atoms with Gasteiger partial charge in [0.15, 0.2) is 0 Å². The van der Waals surface area contributed by atoms with Crippen molar-refractivity contribution in [3.63, 3.8) is 0 Å². The Kier molecular flexibility index (Phi) is 3.08. The fraction of sp³-hybridized carbons (Fsp3) is 0.154. The number of benzene rings is 1. The molecule has 0 radical (unpaired) electrons. The number of methoxy groups -OCH3 is 1. The molecule has 0 saturated carbocycles. The fourth-order valence-corrected chi connectivity index (χ4v) is 2.91. The van der Waals surface area contributed by atoms with Crippen LogP contribution in [0.2, 0.25) is 4.34 Å². The molecule has 0 aliphatic rings. The van der Waals surface area contributed by atoms with Crippen LogP contribution >= 0.6 is 22.9 Å². The van der Waals surface area contributed by atoms with Gasteiger partial charge in [0, 0.05) is 6.07 Å². The number of fused-ring (bicyclic) bond motifs is 1. The van der Waals surface area contributed by atoms with Crippen LogP contribution in [-0.4, -0.2) is 17.1 Å². The van der Waals surface area contributed by atoms with Gasteiger partial charge < -0.3 is 15.0 Å². The standard InChI is InChI=1S/C13H12ClN3OS/c1-7-6-19-12(14)11(7)17-13-15-9-4-3-8(18-2)5-10(9)16-13/h3-6H,1-2H3,(H2,15,16,17). The lowest BCUT2D eigenvalue weighted by molar-refractivity contribution is 0.415. The summed E-state index contributed by atoms with van der Waals surface area (Å²) in [6, 6.07) is 5.71. The number of imidazole rings is 1. The maximum Gasteiger partial charge on any atom is 0.205 e. The van der Waals surface area contributed by atoms with Gasteiger partial charge in [-0.1, -0.05) is 11.6 Å². The van der Waals surface area contributed by atoms with Crippen LogP contribution in [0.15, 0.2) is 23.6 Å². The van der Waals surface area contributed by atoms with Gasteiger partial charge in [-0.3, -0.25) is 0 Å². The molecule has 0 aliphatic heterocycles. The number of anilines is 2. The number of aromatic nitrogens is 2. The highest BCUT2D eigenvalue weighted by Crippen LogP contribution is 2.34. The Bertz CT molecular complexity index is 715. The summed E-state index contributed by atoms with van der Waals surface area (Å²) >= 11 is 7.64. The highest BCUT2D eigenvalue weighted by molar-refractivity contribution is 7.15. The molecule has 19 heavy (non-hydrogen) atoms. The fourth-order valence-electron chi connectivity index (χ4n) is 1.85. The minimum absolute atomic E-state index is 0.673. The molecule has 0 atom stereocenters. The molecule has 98 valence electrons. The highest BCUT2D eigenvalue weighted by Gasteiger charge is 2.10. The Morgan fingerprint density at radius 1 is 1.42 bits per heavy atom. The van der Waals surface area contributed by atoms with E-state index in [1.165, 1.54) is 11.3 Å². The van der Waals surface area contributed by atoms with E-state index in [0.717, 1.165) is 32.4 Å². The molecule has 0 bridgehead atoms. The number of hydrogen-bond acceptors (Lipinski definition) is 4. The Balaban J connectivity index is 1.97. The third-order valence-corrected chi connectivity index (χ3v) is 4.20. The zero-order valence-electron chi connectivity index (χ0n) is 10.5. The molecule has 6 heteroatoms. The number of thiophene rings is 1. The zero-order chi connectivity index (χ0) is 13.4. The lowest BCUT2D eigenvalue weighted by atomic mass is 10.3. The van der Waals surface area contributed by atoms with Gasteiger partial charge in [-0.15, -0.1) is 11.3 Å². The van der Waals surface area contributed by atoms with Crippen LogP contribution in [0.1, 0.15) is 5.56 Å². The number of nitrogens with one attached hydrogen (secondary N) is 2. The average molecular weight is 294 g/mol. The lowest BCUT2D eigenvalue weighted by Crippen LogP contribution is -1.92. The van der Waals surface area contributed by atoms with E-state index in [2.05, 4.69) is 15.3 Å². The highest BCUT2D eigenvalue weighted by atomic mass is 35.5. The Labute approximate surface area is 119 Å². The summed E-state index contributed by atoms with van der Waals surface area (Å²) in [5.74, 6) is 1.47. The number of rotatable bonds is 3. The normalized spacial score (nSPS) is 10.9. The van der Waals surface area contributed by atoms with Crippen molar-refractivity contribution in [3.05, 3.63) is 33.5 Å². The maximum atomic E-state index is 6.14. The largest absolute Gasteiger partial charge is 0.497 e. The predicted molar refractivity (Wildman–Crippen MR) is 80.0 cm³/mol. The Morgan fingerprint density at radius 2 is 2.26 bits per heavy atom. The molecule has 0 aliphatic carbocycles. The van der Waals surface area contributed by atoms with E-state index in [4.69, 9.17) is 16.3 Å². The molecular weight excluding hydrogens is 282 g/mol. The minimum Gasteiger partial charge on any atom is -0.497 e. The first kappa shape index (κ1) is 12.3. The van der Waals surface area contributed by atoms with E-state index in [9.17, 15) is 0 Å². The van der Waals surface area contributed by atoms with Crippen molar-refractivity contribution in [2.75, 3.05) is 12.4 Å². The van der Waals surface area contributed by atoms with Crippen LogP contribution < -0.4 is 10.1 Å². The molecule has 2 N–H and O–H groups in total. The minimum atomic E-state index is 0.673. The number of ether oxygens (including phenoxy) is 1. The van der Waals surface area contributed by atoms with E-state index in [1.54, 1.807) is 7.11 Å². The number of nitrogens with zero attached hydrogens (tertiary/aromatic N) is 1. The Morgan fingerprint density at radius 3 is 2.95 bits per heavy atom. The predicted octanol–water partition coefficient (Wildman–Crippen LogP) is 4.34. The van der Waals surface area contributed by atoms with Gasteiger partial charge in [0.05, 0.1) is 23.8 Å². The van der Waals surface area contributed by atoms with Crippen molar-refractivity contribution in [1.29, 1.82) is 0 Å². The first-order valence-corrected chi connectivity index (χ1v) is 6.97. The Hall–Kier alpha value is -1.72. The molecule has 3 aromatic rings. The van der Waals surface area contributed by atoms with Crippen molar-refractivity contribution in [1.82, 2.24) is 9.97 Å². The summed E-state index contributed by atoms with van der Waals surface area (Å²) in [5.41, 5.74) is 3.81. The van der Waals surface area contributed by atoms with Crippen molar-refractivity contribution < 1.29 is 4.74 Å². The molecule has 0 saturated heterocycles. The number of hydrogen-bond donors (Lipinski definition) is 2. The SMILES string of the molecule is COc1ccc2nc(Nc3c(C)csc3Cl)[nH]c2c1. The molecular formula is C13H12ClN3OS. The van der Waals surface area contributed by atoms with E-state index in [0.29, 0.717) is 5.95 Å². The van der Waals surface area contributed by atoms with Crippen LogP contribution in [0, 0.1) is 6.92 Å². The second kappa shape index (κ2) is 4.75. The second-order valence-corrected chi connectivity index (χ2v) is 5.64. The molecule has 0 spiro atoms. The van der Waals surface area contributed by atoms with Gasteiger partial charge >= 0.3 is 0 Å². The second-order valence-electron chi connectivity index (χ2n) is 4.16. The van der Waals surface area contributed by atoms with Gasteiger partial charge in [0.2, 0.25) is 5.95 Å². The monoisotopic (exact) mass is 293 g/mol. The smallest absolute Gasteiger partial charge is 0.205 e. The zero-order valence-corrected chi connectivity index (χ0v) is 12.0. The number of aromatic amines is 1. The third kappa shape index (κ3) is 2.27. The van der Waals surface area contributed by atoms with Crippen LogP contribution in [0.4, 0.5) is 11.6 Å². The number of halogens is 1. The molecule has 3 rings (SSSR count). The summed E-state index contributed by atoms with van der Waals surface area (Å²) < 4.78 is 5.92. The van der Waals surface area contributed by atoms with Crippen LogP contribution in [0.3, 0.4) is 0 Å². The lowest BCUT2D eigenvalue weighted by Gasteiger charge is -2.01. The van der Waals surface area contributed by atoms with Crippen molar-refractivity contribution in [2.24, 2.45) is 0 Å². The molecule has 4 nitrogen and oxygen atoms in total. The van der Waals surface area contributed by atoms with Crippen molar-refractivity contribution >= 4 is 45.6 Å². The maximum absolute atomic E-state index is 6.14. The van der Waals surface area contributed by atoms with Gasteiger partial charge in [-0.25, -0.2) is 4.98 Å². The van der Waals surface area contributed by atoms with E-state index >= 15 is 0 Å². The van der Waals surface area contributed by atoms with Gasteiger partial charge in [0.25, 0.3) is 0 Å². The quantitative estimate of drug-likeness (QED) is 0.755. The summed E-state index contributed by atoms with van der Waals surface area (Å²) in [6.45, 7) is 2.01. The first-order chi connectivity index (χ1) is 9.17. The van der Waals surface area contributed by atoms with Gasteiger partial charge in [-0.05, 0) is 30.0 Å². The van der Waals surface area contributed by atoms with Crippen LogP contribution in [0.5, 0.6) is 5.75 Å². The summed E-state index contributed by atoms with van der Waals surface area (Å²) in [7, 11) is 1.64. The molecule has 0 fully saturated rings. The topological polar surface area (TPSA) is 49.9 Å². The van der Waals surface area contributed by atoms with E-state index in [-0.39, 0.29) is 0 Å². The van der Waals surface area contributed by atoms with Crippen LogP contribution in [-0.2, 0) is 0 Å². The van der Waals surface area contributed by atoms with Gasteiger partial charge in [0.1, 0.15) is 10.1 Å². The summed E-state index contributed by atoms with van der Waals surface area (Å²) in [4.78, 5) is 7.68. The van der Waals surface area contributed by atoms with Crippen molar-refractivity contribution in [3.8, 4) is 5.75 Å². The molecule has 0 unspecified atom stereocenters. The molecule has 2 heterocycles. The van der Waals surface area contributed by atoms with E-state index in [1.807, 2.05) is 30.5 Å². The molecule has 1 aromatic carbocycles. The summed E-state index contributed by atoms with van der Waals surface area (Å²) in [6.07, 6.45) is 0. The van der Waals surface area contributed by atoms with Gasteiger partial charge in [-0.2, -0.15) is 0 Å². The van der Waals surface area contributed by atoms with Crippen LogP contribution in [0.25, 0.3) is 11.0 Å². The first-order valence-electron chi connectivity index (χ1n) is 5.72. The third-order valence-electron chi connectivity index (χ3n) is 2.86. The molecule has 0 amide bonds. The number of aryl methyl sites for hydroxylation is 1. The average Bonchev–Trinajstić information content (AvgIpc) is 2.95. The van der Waals surface area contributed by atoms with E-state index < -0.39 is 0 Å².